The number of hydrogen-bond acceptors (Lipinski definition) is 1. The van der Waals surface area contributed by atoms with Crippen LogP contribution in [0.1, 0.15) is 50.0 Å². The Hall–Kier alpha value is -1.69. The number of halogens is 2. The zero-order chi connectivity index (χ0) is 14.4. The number of allylic oxidation sites excluding steroid dienone is 2. The molecule has 0 amide bonds. The molecule has 0 unspecified atom stereocenters. The molecule has 1 saturated carbocycles. The van der Waals surface area contributed by atoms with Gasteiger partial charge in [-0.1, -0.05) is 12.1 Å². The molecule has 1 fully saturated rings. The SMILES string of the molecule is N#CC(F)=CCCC1CCC(c2ccc(F)cc2)CC1. The third kappa shape index (κ3) is 4.16. The molecule has 106 valence electrons. The highest BCUT2D eigenvalue weighted by Crippen LogP contribution is 2.37. The van der Waals surface area contributed by atoms with Crippen molar-refractivity contribution >= 4 is 0 Å². The number of nitrogens with zero attached hydrogens (tertiary/aromatic N) is 1. The molecule has 0 heterocycles. The summed E-state index contributed by atoms with van der Waals surface area (Å²) >= 11 is 0. The minimum atomic E-state index is -0.676. The van der Waals surface area contributed by atoms with Crippen LogP contribution >= 0.6 is 0 Å². The lowest BCUT2D eigenvalue weighted by atomic mass is 9.77. The van der Waals surface area contributed by atoms with Crippen LogP contribution in [0.3, 0.4) is 0 Å². The fraction of sp³-hybridized carbons (Fsp3) is 0.471. The maximum Gasteiger partial charge on any atom is 0.196 e. The Kier molecular flexibility index (Phi) is 5.29. The van der Waals surface area contributed by atoms with Crippen LogP contribution in [0.5, 0.6) is 0 Å². The van der Waals surface area contributed by atoms with Crippen LogP contribution in [0.2, 0.25) is 0 Å². The first-order valence-corrected chi connectivity index (χ1v) is 7.20. The van der Waals surface area contributed by atoms with Gasteiger partial charge >= 0.3 is 0 Å². The molecule has 0 aromatic heterocycles. The number of hydrogen-bond donors (Lipinski definition) is 0. The summed E-state index contributed by atoms with van der Waals surface area (Å²) in [5.74, 6) is 0.284. The Morgan fingerprint density at radius 1 is 1.20 bits per heavy atom. The highest BCUT2D eigenvalue weighted by atomic mass is 19.1. The molecule has 1 nitrogen and oxygen atoms in total. The molecule has 0 bridgehead atoms. The summed E-state index contributed by atoms with van der Waals surface area (Å²) in [5.41, 5.74) is 1.22. The second-order valence-corrected chi connectivity index (χ2v) is 5.51. The summed E-state index contributed by atoms with van der Waals surface area (Å²) in [6, 6.07) is 8.31. The maximum absolute atomic E-state index is 12.9. The molecule has 20 heavy (non-hydrogen) atoms. The monoisotopic (exact) mass is 275 g/mol. The van der Waals surface area contributed by atoms with Crippen LogP contribution in [0.4, 0.5) is 8.78 Å². The Balaban J connectivity index is 1.78. The predicted molar refractivity (Wildman–Crippen MR) is 75.1 cm³/mol. The Labute approximate surface area is 118 Å². The van der Waals surface area contributed by atoms with Crippen molar-refractivity contribution in [1.82, 2.24) is 0 Å². The van der Waals surface area contributed by atoms with E-state index in [1.54, 1.807) is 0 Å². The number of benzene rings is 1. The van der Waals surface area contributed by atoms with E-state index in [4.69, 9.17) is 5.26 Å². The average molecular weight is 275 g/mol. The van der Waals surface area contributed by atoms with E-state index in [0.717, 1.165) is 32.1 Å². The van der Waals surface area contributed by atoms with Crippen LogP contribution in [-0.2, 0) is 0 Å². The largest absolute Gasteiger partial charge is 0.207 e. The van der Waals surface area contributed by atoms with Gasteiger partial charge in [0, 0.05) is 0 Å². The van der Waals surface area contributed by atoms with Gasteiger partial charge in [0.2, 0.25) is 0 Å². The first-order chi connectivity index (χ1) is 9.69. The normalized spacial score (nSPS) is 23.4. The molecule has 0 radical (unpaired) electrons. The molecule has 1 aromatic rings. The van der Waals surface area contributed by atoms with Crippen molar-refractivity contribution in [2.24, 2.45) is 5.92 Å². The fourth-order valence-electron chi connectivity index (χ4n) is 3.01. The van der Waals surface area contributed by atoms with Crippen LogP contribution in [0, 0.1) is 23.1 Å². The summed E-state index contributed by atoms with van der Waals surface area (Å²) < 4.78 is 25.6. The van der Waals surface area contributed by atoms with Crippen molar-refractivity contribution in [3.63, 3.8) is 0 Å². The minimum absolute atomic E-state index is 0.186. The lowest BCUT2D eigenvalue weighted by Crippen LogP contribution is -2.13. The number of rotatable bonds is 4. The van der Waals surface area contributed by atoms with Crippen molar-refractivity contribution in [3.8, 4) is 6.07 Å². The molecule has 0 aliphatic heterocycles. The smallest absolute Gasteiger partial charge is 0.196 e. The van der Waals surface area contributed by atoms with Crippen molar-refractivity contribution in [2.45, 2.75) is 44.4 Å². The second-order valence-electron chi connectivity index (χ2n) is 5.51. The number of nitriles is 1. The fourth-order valence-corrected chi connectivity index (χ4v) is 3.01. The highest BCUT2D eigenvalue weighted by Gasteiger charge is 2.21. The molecule has 1 aliphatic rings. The molecule has 1 aliphatic carbocycles. The van der Waals surface area contributed by atoms with E-state index >= 15 is 0 Å². The second kappa shape index (κ2) is 7.19. The van der Waals surface area contributed by atoms with Crippen LogP contribution < -0.4 is 0 Å². The van der Waals surface area contributed by atoms with Crippen molar-refractivity contribution in [2.75, 3.05) is 0 Å². The lowest BCUT2D eigenvalue weighted by molar-refractivity contribution is 0.311. The van der Waals surface area contributed by atoms with E-state index in [1.165, 1.54) is 29.8 Å². The Morgan fingerprint density at radius 3 is 2.45 bits per heavy atom. The molecule has 0 N–H and O–H groups in total. The van der Waals surface area contributed by atoms with E-state index in [9.17, 15) is 8.78 Å². The highest BCUT2D eigenvalue weighted by molar-refractivity contribution is 5.21. The molecule has 0 saturated heterocycles. The average Bonchev–Trinajstić information content (AvgIpc) is 2.48. The van der Waals surface area contributed by atoms with Gasteiger partial charge in [-0.2, -0.15) is 9.65 Å². The molecule has 3 heteroatoms. The van der Waals surface area contributed by atoms with Gasteiger partial charge in [0.05, 0.1) is 0 Å². The Bertz CT molecular complexity index is 491. The quantitative estimate of drug-likeness (QED) is 0.688. The van der Waals surface area contributed by atoms with E-state index in [1.807, 2.05) is 12.1 Å². The zero-order valence-corrected chi connectivity index (χ0v) is 11.5. The van der Waals surface area contributed by atoms with Crippen molar-refractivity contribution in [1.29, 1.82) is 5.26 Å². The van der Waals surface area contributed by atoms with Crippen LogP contribution in [-0.4, -0.2) is 0 Å². The molecule has 1 aromatic carbocycles. The van der Waals surface area contributed by atoms with Gasteiger partial charge in [0.25, 0.3) is 0 Å². The van der Waals surface area contributed by atoms with Gasteiger partial charge in [-0.05, 0) is 74.1 Å². The zero-order valence-electron chi connectivity index (χ0n) is 11.5. The molecule has 0 spiro atoms. The minimum Gasteiger partial charge on any atom is -0.207 e. The first-order valence-electron chi connectivity index (χ1n) is 7.20. The van der Waals surface area contributed by atoms with Gasteiger partial charge < -0.3 is 0 Å². The van der Waals surface area contributed by atoms with Crippen LogP contribution in [0.15, 0.2) is 36.2 Å². The van der Waals surface area contributed by atoms with Gasteiger partial charge in [0.1, 0.15) is 11.9 Å². The van der Waals surface area contributed by atoms with Crippen LogP contribution in [0.25, 0.3) is 0 Å². The van der Waals surface area contributed by atoms with Gasteiger partial charge in [-0.25, -0.2) is 4.39 Å². The third-order valence-corrected chi connectivity index (χ3v) is 4.19. The van der Waals surface area contributed by atoms with Gasteiger partial charge in [-0.3, -0.25) is 0 Å². The van der Waals surface area contributed by atoms with Gasteiger partial charge in [0.15, 0.2) is 5.83 Å². The van der Waals surface area contributed by atoms with Gasteiger partial charge in [-0.15, -0.1) is 0 Å². The summed E-state index contributed by atoms with van der Waals surface area (Å²) in [4.78, 5) is 0. The predicted octanol–water partition coefficient (Wildman–Crippen LogP) is 5.26. The lowest BCUT2D eigenvalue weighted by Gasteiger charge is -2.28. The molecular weight excluding hydrogens is 256 g/mol. The summed E-state index contributed by atoms with van der Waals surface area (Å²) in [6.45, 7) is 0. The standard InChI is InChI=1S/C17H19F2N/c18-16-10-8-15(9-11-16)14-6-4-13(5-7-14)2-1-3-17(19)12-20/h3,8-11,13-14H,1-2,4-7H2. The molecule has 2 rings (SSSR count). The third-order valence-electron chi connectivity index (χ3n) is 4.19. The molecule has 0 atom stereocenters. The van der Waals surface area contributed by atoms with E-state index in [2.05, 4.69) is 0 Å². The summed E-state index contributed by atoms with van der Waals surface area (Å²) in [6.07, 6.45) is 7.46. The van der Waals surface area contributed by atoms with E-state index < -0.39 is 5.83 Å². The summed E-state index contributed by atoms with van der Waals surface area (Å²) in [7, 11) is 0. The van der Waals surface area contributed by atoms with E-state index in [-0.39, 0.29) is 5.82 Å². The molecular formula is C17H19F2N. The van der Waals surface area contributed by atoms with E-state index in [0.29, 0.717) is 18.3 Å². The first kappa shape index (κ1) is 14.7. The summed E-state index contributed by atoms with van der Waals surface area (Å²) in [5, 5.41) is 8.33. The maximum atomic E-state index is 12.9. The van der Waals surface area contributed by atoms with Crippen molar-refractivity contribution < 1.29 is 8.78 Å². The topological polar surface area (TPSA) is 23.8 Å². The van der Waals surface area contributed by atoms with Crippen molar-refractivity contribution in [3.05, 3.63) is 47.5 Å². The Morgan fingerprint density at radius 2 is 1.85 bits per heavy atom.